The van der Waals surface area contributed by atoms with E-state index >= 15 is 0 Å². The SMILES string of the molecule is Cc1ccc(-n2nc(C)c3c2N=C2C(Nc4cccc(C)c4)=Nc4ccccc4N2C3c2ccccc2)cc1. The van der Waals surface area contributed by atoms with Crippen molar-refractivity contribution in [1.29, 1.82) is 0 Å². The van der Waals surface area contributed by atoms with Crippen molar-refractivity contribution in [1.82, 2.24) is 9.78 Å². The number of benzene rings is 4. The first-order valence-electron chi connectivity index (χ1n) is 13.2. The smallest absolute Gasteiger partial charge is 0.179 e. The molecular formula is C33H28N6. The van der Waals surface area contributed by atoms with Crippen LogP contribution in [-0.2, 0) is 0 Å². The van der Waals surface area contributed by atoms with Crippen LogP contribution in [0, 0.1) is 20.8 Å². The van der Waals surface area contributed by atoms with E-state index in [4.69, 9.17) is 15.1 Å². The van der Waals surface area contributed by atoms with Gasteiger partial charge in [0, 0.05) is 11.3 Å². The summed E-state index contributed by atoms with van der Waals surface area (Å²) in [6.07, 6.45) is 0. The topological polar surface area (TPSA) is 57.8 Å². The normalized spacial score (nSPS) is 15.6. The van der Waals surface area contributed by atoms with Crippen molar-refractivity contribution < 1.29 is 0 Å². The average molecular weight is 509 g/mol. The molecular weight excluding hydrogens is 480 g/mol. The summed E-state index contributed by atoms with van der Waals surface area (Å²) in [6.45, 7) is 6.26. The molecule has 0 spiro atoms. The molecule has 5 aromatic rings. The summed E-state index contributed by atoms with van der Waals surface area (Å²) < 4.78 is 1.97. The number of hydrogen-bond donors (Lipinski definition) is 1. The van der Waals surface area contributed by atoms with Gasteiger partial charge in [-0.25, -0.2) is 14.7 Å². The maximum atomic E-state index is 5.31. The Bertz CT molecular complexity index is 1760. The summed E-state index contributed by atoms with van der Waals surface area (Å²) in [4.78, 5) is 12.7. The van der Waals surface area contributed by atoms with Crippen molar-refractivity contribution in [3.63, 3.8) is 0 Å². The number of para-hydroxylation sites is 2. The Hall–Kier alpha value is -4.97. The molecule has 1 atom stereocenters. The fourth-order valence-corrected chi connectivity index (χ4v) is 5.47. The van der Waals surface area contributed by atoms with E-state index in [1.165, 1.54) is 16.7 Å². The molecule has 0 saturated carbocycles. The zero-order valence-corrected chi connectivity index (χ0v) is 22.1. The minimum atomic E-state index is -0.126. The highest BCUT2D eigenvalue weighted by molar-refractivity contribution is 6.51. The van der Waals surface area contributed by atoms with E-state index < -0.39 is 0 Å². The number of aliphatic imine (C=N–C) groups is 2. The van der Waals surface area contributed by atoms with Gasteiger partial charge in [0.2, 0.25) is 0 Å². The molecule has 0 amide bonds. The molecule has 2 aliphatic heterocycles. The van der Waals surface area contributed by atoms with Gasteiger partial charge in [-0.1, -0.05) is 72.3 Å². The predicted molar refractivity (Wildman–Crippen MR) is 159 cm³/mol. The van der Waals surface area contributed by atoms with Crippen molar-refractivity contribution in [2.75, 3.05) is 10.2 Å². The van der Waals surface area contributed by atoms with Crippen molar-refractivity contribution in [3.05, 3.63) is 131 Å². The number of nitrogens with one attached hydrogen (secondary N) is 1. The van der Waals surface area contributed by atoms with E-state index in [2.05, 4.69) is 128 Å². The van der Waals surface area contributed by atoms with Crippen molar-refractivity contribution >= 4 is 34.6 Å². The lowest BCUT2D eigenvalue weighted by Crippen LogP contribution is -2.46. The maximum Gasteiger partial charge on any atom is 0.179 e. The van der Waals surface area contributed by atoms with Crippen LogP contribution in [0.25, 0.3) is 5.69 Å². The van der Waals surface area contributed by atoms with E-state index in [0.717, 1.165) is 45.7 Å². The van der Waals surface area contributed by atoms with E-state index in [0.29, 0.717) is 5.84 Å². The molecule has 6 nitrogen and oxygen atoms in total. The van der Waals surface area contributed by atoms with Crippen LogP contribution >= 0.6 is 0 Å². The van der Waals surface area contributed by atoms with Gasteiger partial charge in [-0.2, -0.15) is 5.10 Å². The van der Waals surface area contributed by atoms with Gasteiger partial charge in [0.05, 0.1) is 28.8 Å². The van der Waals surface area contributed by atoms with Crippen LogP contribution in [0.3, 0.4) is 0 Å². The van der Waals surface area contributed by atoms with Gasteiger partial charge in [0.25, 0.3) is 0 Å². The monoisotopic (exact) mass is 508 g/mol. The molecule has 1 N–H and O–H groups in total. The Labute approximate surface area is 228 Å². The van der Waals surface area contributed by atoms with Gasteiger partial charge < -0.3 is 10.2 Å². The predicted octanol–water partition coefficient (Wildman–Crippen LogP) is 7.59. The van der Waals surface area contributed by atoms with E-state index in [1.807, 2.05) is 10.7 Å². The zero-order valence-electron chi connectivity index (χ0n) is 22.1. The molecule has 1 unspecified atom stereocenters. The van der Waals surface area contributed by atoms with Gasteiger partial charge in [0.1, 0.15) is 0 Å². The van der Waals surface area contributed by atoms with Gasteiger partial charge in [-0.15, -0.1) is 0 Å². The molecule has 7 rings (SSSR count). The zero-order chi connectivity index (χ0) is 26.5. The van der Waals surface area contributed by atoms with Gasteiger partial charge >= 0.3 is 0 Å². The molecule has 0 fully saturated rings. The molecule has 39 heavy (non-hydrogen) atoms. The third-order valence-corrected chi connectivity index (χ3v) is 7.31. The minimum Gasteiger partial charge on any atom is -0.337 e. The number of hydrogen-bond acceptors (Lipinski definition) is 5. The quantitative estimate of drug-likeness (QED) is 0.273. The molecule has 0 bridgehead atoms. The van der Waals surface area contributed by atoms with Crippen LogP contribution in [0.4, 0.5) is 22.9 Å². The third-order valence-electron chi connectivity index (χ3n) is 7.31. The largest absolute Gasteiger partial charge is 0.337 e. The number of amidine groups is 2. The number of rotatable bonds is 3. The summed E-state index contributed by atoms with van der Waals surface area (Å²) in [5.41, 5.74) is 9.48. The molecule has 1 aromatic heterocycles. The molecule has 0 aliphatic carbocycles. The van der Waals surface area contributed by atoms with Crippen molar-refractivity contribution in [2.45, 2.75) is 26.8 Å². The van der Waals surface area contributed by atoms with Crippen LogP contribution in [0.5, 0.6) is 0 Å². The van der Waals surface area contributed by atoms with Crippen LogP contribution in [0.15, 0.2) is 113 Å². The summed E-state index contributed by atoms with van der Waals surface area (Å²) in [7, 11) is 0. The van der Waals surface area contributed by atoms with E-state index in [9.17, 15) is 0 Å². The summed E-state index contributed by atoms with van der Waals surface area (Å²) in [6, 6.07) is 35.5. The molecule has 2 aliphatic rings. The van der Waals surface area contributed by atoms with Gasteiger partial charge in [-0.3, -0.25) is 0 Å². The molecule has 0 saturated heterocycles. The van der Waals surface area contributed by atoms with Crippen LogP contribution < -0.4 is 10.2 Å². The highest BCUT2D eigenvalue weighted by atomic mass is 15.4. The number of nitrogens with zero attached hydrogens (tertiary/aromatic N) is 5. The first-order valence-corrected chi connectivity index (χ1v) is 13.2. The summed E-state index contributed by atoms with van der Waals surface area (Å²) in [5, 5.41) is 8.61. The minimum absolute atomic E-state index is 0.126. The molecule has 6 heteroatoms. The number of anilines is 2. The maximum absolute atomic E-state index is 5.31. The van der Waals surface area contributed by atoms with Crippen LogP contribution in [0.2, 0.25) is 0 Å². The van der Waals surface area contributed by atoms with Gasteiger partial charge in [-0.05, 0) is 68.3 Å². The summed E-state index contributed by atoms with van der Waals surface area (Å²) >= 11 is 0. The molecule has 3 heterocycles. The fourth-order valence-electron chi connectivity index (χ4n) is 5.47. The summed E-state index contributed by atoms with van der Waals surface area (Å²) in [5.74, 6) is 2.31. The average Bonchev–Trinajstić information content (AvgIpc) is 3.29. The van der Waals surface area contributed by atoms with E-state index in [-0.39, 0.29) is 6.04 Å². The van der Waals surface area contributed by atoms with Crippen LogP contribution in [0.1, 0.15) is 34.0 Å². The Morgan fingerprint density at radius 2 is 1.49 bits per heavy atom. The number of fused-ring (bicyclic) bond motifs is 4. The highest BCUT2D eigenvalue weighted by Gasteiger charge is 2.41. The first kappa shape index (κ1) is 23.2. The molecule has 4 aromatic carbocycles. The standard InChI is InChI=1S/C33H28N6/c1-21-16-18-26(19-17-21)39-32-29(23(3)37-39)30(24-11-5-4-6-12-24)38-28-15-8-7-14-27(28)35-31(33(38)36-32)34-25-13-9-10-22(2)20-25/h4-20,30H,1-3H3,(H,34,35). The Morgan fingerprint density at radius 3 is 2.28 bits per heavy atom. The van der Waals surface area contributed by atoms with Crippen molar-refractivity contribution in [2.24, 2.45) is 9.98 Å². The van der Waals surface area contributed by atoms with E-state index in [1.54, 1.807) is 0 Å². The number of aromatic nitrogens is 2. The second-order valence-corrected chi connectivity index (χ2v) is 10.1. The second-order valence-electron chi connectivity index (χ2n) is 10.1. The third kappa shape index (κ3) is 3.92. The van der Waals surface area contributed by atoms with Crippen LogP contribution in [-0.4, -0.2) is 21.5 Å². The lowest BCUT2D eigenvalue weighted by atomic mass is 9.93. The lowest BCUT2D eigenvalue weighted by Gasteiger charge is -2.40. The fraction of sp³-hybridized carbons (Fsp3) is 0.121. The Morgan fingerprint density at radius 1 is 0.718 bits per heavy atom. The Balaban J connectivity index is 1.49. The lowest BCUT2D eigenvalue weighted by molar-refractivity contribution is 0.815. The first-order chi connectivity index (χ1) is 19.1. The Kier molecular flexibility index (Phi) is 5.40. The molecule has 190 valence electrons. The van der Waals surface area contributed by atoms with Gasteiger partial charge in [0.15, 0.2) is 17.5 Å². The van der Waals surface area contributed by atoms with Crippen molar-refractivity contribution in [3.8, 4) is 5.69 Å². The number of aryl methyl sites for hydroxylation is 3. The highest BCUT2D eigenvalue weighted by Crippen LogP contribution is 2.48. The molecule has 0 radical (unpaired) electrons. The second kappa shape index (κ2) is 9.10.